The molecule has 1 unspecified atom stereocenters. The third kappa shape index (κ3) is 5.91. The number of benzene rings is 1. The Morgan fingerprint density at radius 1 is 1.26 bits per heavy atom. The van der Waals surface area contributed by atoms with Crippen molar-refractivity contribution in [1.82, 2.24) is 0 Å². The molecular weight excluding hydrogens is 236 g/mol. The Bertz CT molecular complexity index is 385. The molecule has 0 heterocycles. The number of rotatable bonds is 8. The quantitative estimate of drug-likeness (QED) is 0.504. The van der Waals surface area contributed by atoms with Crippen molar-refractivity contribution >= 4 is 5.97 Å². The summed E-state index contributed by atoms with van der Waals surface area (Å²) in [4.78, 5) is 11.5. The first-order chi connectivity index (χ1) is 9.17. The molecule has 0 aromatic heterocycles. The van der Waals surface area contributed by atoms with Gasteiger partial charge in [0.25, 0.3) is 0 Å². The van der Waals surface area contributed by atoms with Crippen LogP contribution in [0.5, 0.6) is 0 Å². The average Bonchev–Trinajstić information content (AvgIpc) is 2.43. The number of esters is 1. The molecule has 0 aliphatic heterocycles. The van der Waals surface area contributed by atoms with Gasteiger partial charge in [0.1, 0.15) is 0 Å². The van der Waals surface area contributed by atoms with E-state index in [2.05, 4.69) is 19.9 Å². The monoisotopic (exact) mass is 262 g/mol. The number of carbonyl (C=O) groups excluding carboxylic acids is 1. The van der Waals surface area contributed by atoms with Gasteiger partial charge in [0.2, 0.25) is 0 Å². The second-order valence-electron chi connectivity index (χ2n) is 5.35. The van der Waals surface area contributed by atoms with Crippen molar-refractivity contribution in [1.29, 1.82) is 0 Å². The molecule has 0 aliphatic carbocycles. The van der Waals surface area contributed by atoms with E-state index in [1.54, 1.807) is 6.07 Å². The maximum absolute atomic E-state index is 11.5. The van der Waals surface area contributed by atoms with Gasteiger partial charge in [0.15, 0.2) is 0 Å². The van der Waals surface area contributed by atoms with Crippen molar-refractivity contribution in [2.45, 2.75) is 52.4 Å². The fourth-order valence-electron chi connectivity index (χ4n) is 2.37. The van der Waals surface area contributed by atoms with Crippen molar-refractivity contribution in [2.75, 3.05) is 7.11 Å². The minimum absolute atomic E-state index is 0.252. The smallest absolute Gasteiger partial charge is 0.337 e. The maximum Gasteiger partial charge on any atom is 0.337 e. The molecule has 0 fully saturated rings. The van der Waals surface area contributed by atoms with E-state index >= 15 is 0 Å². The highest BCUT2D eigenvalue weighted by atomic mass is 16.5. The lowest BCUT2D eigenvalue weighted by Crippen LogP contribution is -2.04. The van der Waals surface area contributed by atoms with Gasteiger partial charge in [0.05, 0.1) is 12.7 Å². The van der Waals surface area contributed by atoms with E-state index in [-0.39, 0.29) is 5.97 Å². The molecule has 0 saturated carbocycles. The number of carbonyl (C=O) groups is 1. The lowest BCUT2D eigenvalue weighted by atomic mass is 9.94. The van der Waals surface area contributed by atoms with Crippen molar-refractivity contribution in [3.8, 4) is 0 Å². The standard InChI is InChI=1S/C17H26O2/c1-4-5-6-7-9-14(2)12-15-10-8-11-16(13-15)17(18)19-3/h8,10-11,13-14H,4-7,9,12H2,1-3H3. The topological polar surface area (TPSA) is 26.3 Å². The molecular formula is C17H26O2. The number of unbranched alkanes of at least 4 members (excludes halogenated alkanes) is 3. The normalized spacial score (nSPS) is 12.2. The van der Waals surface area contributed by atoms with Gasteiger partial charge in [-0.2, -0.15) is 0 Å². The minimum Gasteiger partial charge on any atom is -0.465 e. The highest BCUT2D eigenvalue weighted by Crippen LogP contribution is 2.17. The molecule has 1 aromatic rings. The SMILES string of the molecule is CCCCCCC(C)Cc1cccc(C(=O)OC)c1. The van der Waals surface area contributed by atoms with Crippen LogP contribution in [0.2, 0.25) is 0 Å². The third-order valence-electron chi connectivity index (χ3n) is 3.48. The van der Waals surface area contributed by atoms with E-state index in [1.165, 1.54) is 44.8 Å². The summed E-state index contributed by atoms with van der Waals surface area (Å²) in [5.74, 6) is 0.419. The highest BCUT2D eigenvalue weighted by Gasteiger charge is 2.08. The number of ether oxygens (including phenoxy) is 1. The predicted octanol–water partition coefficient (Wildman–Crippen LogP) is 4.62. The fraction of sp³-hybridized carbons (Fsp3) is 0.588. The van der Waals surface area contributed by atoms with E-state index < -0.39 is 0 Å². The van der Waals surface area contributed by atoms with Crippen LogP contribution >= 0.6 is 0 Å². The third-order valence-corrected chi connectivity index (χ3v) is 3.48. The summed E-state index contributed by atoms with van der Waals surface area (Å²) in [6.07, 6.45) is 7.58. The van der Waals surface area contributed by atoms with Gasteiger partial charge in [0, 0.05) is 0 Å². The van der Waals surface area contributed by atoms with Crippen LogP contribution in [0.3, 0.4) is 0 Å². The Morgan fingerprint density at radius 3 is 2.74 bits per heavy atom. The van der Waals surface area contributed by atoms with Crippen LogP contribution in [0.1, 0.15) is 61.9 Å². The van der Waals surface area contributed by atoms with Crippen LogP contribution in [0, 0.1) is 5.92 Å². The summed E-state index contributed by atoms with van der Waals surface area (Å²) in [6, 6.07) is 7.79. The minimum atomic E-state index is -0.252. The van der Waals surface area contributed by atoms with E-state index in [0.717, 1.165) is 6.42 Å². The molecule has 0 amide bonds. The first-order valence-electron chi connectivity index (χ1n) is 7.34. The van der Waals surface area contributed by atoms with Crippen LogP contribution < -0.4 is 0 Å². The second kappa shape index (κ2) is 8.73. The van der Waals surface area contributed by atoms with E-state index in [9.17, 15) is 4.79 Å². The summed E-state index contributed by atoms with van der Waals surface area (Å²) in [5, 5.41) is 0. The molecule has 1 rings (SSSR count). The zero-order valence-corrected chi connectivity index (χ0v) is 12.4. The van der Waals surface area contributed by atoms with Crippen molar-refractivity contribution < 1.29 is 9.53 Å². The van der Waals surface area contributed by atoms with E-state index in [0.29, 0.717) is 11.5 Å². The highest BCUT2D eigenvalue weighted by molar-refractivity contribution is 5.89. The Kier molecular flexibility index (Phi) is 7.24. The van der Waals surface area contributed by atoms with Crippen molar-refractivity contribution in [2.24, 2.45) is 5.92 Å². The first kappa shape index (κ1) is 15.7. The molecule has 0 N–H and O–H groups in total. The zero-order valence-electron chi connectivity index (χ0n) is 12.4. The largest absolute Gasteiger partial charge is 0.465 e. The maximum atomic E-state index is 11.5. The average molecular weight is 262 g/mol. The number of hydrogen-bond donors (Lipinski definition) is 0. The van der Waals surface area contributed by atoms with Crippen LogP contribution in [0.4, 0.5) is 0 Å². The molecule has 0 spiro atoms. The van der Waals surface area contributed by atoms with Gasteiger partial charge in [-0.1, -0.05) is 58.1 Å². The molecule has 0 radical (unpaired) electrons. The molecule has 1 atom stereocenters. The molecule has 2 heteroatoms. The second-order valence-corrected chi connectivity index (χ2v) is 5.35. The molecule has 1 aromatic carbocycles. The van der Waals surface area contributed by atoms with Crippen molar-refractivity contribution in [3.63, 3.8) is 0 Å². The summed E-state index contributed by atoms with van der Waals surface area (Å²) in [7, 11) is 1.42. The molecule has 106 valence electrons. The molecule has 2 nitrogen and oxygen atoms in total. The van der Waals surface area contributed by atoms with Gasteiger partial charge in [-0.05, 0) is 30.0 Å². The lowest BCUT2D eigenvalue weighted by Gasteiger charge is -2.12. The van der Waals surface area contributed by atoms with Crippen LogP contribution in [0.15, 0.2) is 24.3 Å². The Labute approximate surface area is 117 Å². The van der Waals surface area contributed by atoms with Crippen LogP contribution in [0.25, 0.3) is 0 Å². The molecule has 0 aliphatic rings. The molecule has 0 bridgehead atoms. The van der Waals surface area contributed by atoms with Gasteiger partial charge in [-0.15, -0.1) is 0 Å². The van der Waals surface area contributed by atoms with Gasteiger partial charge < -0.3 is 4.74 Å². The molecule has 19 heavy (non-hydrogen) atoms. The van der Waals surface area contributed by atoms with E-state index in [1.807, 2.05) is 12.1 Å². The van der Waals surface area contributed by atoms with Gasteiger partial charge >= 0.3 is 5.97 Å². The number of hydrogen-bond acceptors (Lipinski definition) is 2. The number of methoxy groups -OCH3 is 1. The summed E-state index contributed by atoms with van der Waals surface area (Å²) >= 11 is 0. The van der Waals surface area contributed by atoms with Crippen LogP contribution in [-0.2, 0) is 11.2 Å². The Morgan fingerprint density at radius 2 is 2.05 bits per heavy atom. The Balaban J connectivity index is 2.45. The van der Waals surface area contributed by atoms with Crippen molar-refractivity contribution in [3.05, 3.63) is 35.4 Å². The fourth-order valence-corrected chi connectivity index (χ4v) is 2.37. The summed E-state index contributed by atoms with van der Waals surface area (Å²) in [5.41, 5.74) is 1.88. The lowest BCUT2D eigenvalue weighted by molar-refractivity contribution is 0.0600. The van der Waals surface area contributed by atoms with Gasteiger partial charge in [-0.25, -0.2) is 4.79 Å². The first-order valence-corrected chi connectivity index (χ1v) is 7.34. The summed E-state index contributed by atoms with van der Waals surface area (Å²) in [6.45, 7) is 4.53. The van der Waals surface area contributed by atoms with Crippen LogP contribution in [-0.4, -0.2) is 13.1 Å². The molecule has 0 saturated heterocycles. The van der Waals surface area contributed by atoms with Gasteiger partial charge in [-0.3, -0.25) is 0 Å². The predicted molar refractivity (Wildman–Crippen MR) is 79.4 cm³/mol. The van der Waals surface area contributed by atoms with E-state index in [4.69, 9.17) is 4.74 Å². The zero-order chi connectivity index (χ0) is 14.1. The summed E-state index contributed by atoms with van der Waals surface area (Å²) < 4.78 is 4.75. The Hall–Kier alpha value is -1.31.